The van der Waals surface area contributed by atoms with Crippen LogP contribution in [-0.4, -0.2) is 44.1 Å². The number of aromatic nitrogens is 5. The minimum absolute atomic E-state index is 0.0256. The molecule has 0 bridgehead atoms. The number of fused-ring (bicyclic) bond motifs is 1. The number of hydrogen-bond acceptors (Lipinski definition) is 7. The molecular formula is C29H25ClF6N8. The minimum atomic E-state index is -4.42. The third-order valence-corrected chi connectivity index (χ3v) is 9.00. The van der Waals surface area contributed by atoms with Gasteiger partial charge in [0, 0.05) is 35.1 Å². The molecule has 3 heterocycles. The van der Waals surface area contributed by atoms with Gasteiger partial charge in [-0.3, -0.25) is 4.98 Å². The zero-order valence-electron chi connectivity index (χ0n) is 23.2. The van der Waals surface area contributed by atoms with Crippen molar-refractivity contribution in [3.8, 4) is 6.07 Å². The molecule has 2 aliphatic carbocycles. The van der Waals surface area contributed by atoms with E-state index in [0.29, 0.717) is 28.8 Å². The van der Waals surface area contributed by atoms with Gasteiger partial charge in [-0.05, 0) is 50.8 Å². The summed E-state index contributed by atoms with van der Waals surface area (Å²) in [5.41, 5.74) is -1.57. The number of halogens is 7. The van der Waals surface area contributed by atoms with Crippen LogP contribution in [0.3, 0.4) is 0 Å². The zero-order valence-corrected chi connectivity index (χ0v) is 23.9. The molecule has 2 aliphatic rings. The van der Waals surface area contributed by atoms with E-state index in [0.717, 1.165) is 10.7 Å². The first-order valence-electron chi connectivity index (χ1n) is 13.8. The van der Waals surface area contributed by atoms with Gasteiger partial charge in [0.25, 0.3) is 6.43 Å². The molecular weight excluding hydrogens is 610 g/mol. The van der Waals surface area contributed by atoms with E-state index in [-0.39, 0.29) is 53.2 Å². The second-order valence-corrected chi connectivity index (χ2v) is 11.8. The van der Waals surface area contributed by atoms with Gasteiger partial charge in [0.2, 0.25) is 5.95 Å². The molecule has 0 unspecified atom stereocenters. The van der Waals surface area contributed by atoms with Gasteiger partial charge in [-0.2, -0.15) is 22.8 Å². The van der Waals surface area contributed by atoms with Crippen molar-refractivity contribution >= 4 is 33.9 Å². The maximum atomic E-state index is 13.9. The summed E-state index contributed by atoms with van der Waals surface area (Å²) in [5, 5.41) is 24.4. The van der Waals surface area contributed by atoms with Gasteiger partial charge >= 0.3 is 6.18 Å². The monoisotopic (exact) mass is 634 g/mol. The fourth-order valence-electron chi connectivity index (χ4n) is 5.67. The number of pyridine rings is 2. The van der Waals surface area contributed by atoms with Crippen LogP contribution in [0, 0.1) is 29.6 Å². The summed E-state index contributed by atoms with van der Waals surface area (Å²) < 4.78 is 84.4. The second kappa shape index (κ2) is 10.8. The van der Waals surface area contributed by atoms with Crippen LogP contribution in [0.1, 0.15) is 60.7 Å². The summed E-state index contributed by atoms with van der Waals surface area (Å²) in [4.78, 5) is 8.15. The Labute approximate surface area is 252 Å². The lowest BCUT2D eigenvalue weighted by molar-refractivity contribution is -0.244. The quantitative estimate of drug-likeness (QED) is 0.147. The number of nitrogens with one attached hydrogen (secondary N) is 2. The lowest BCUT2D eigenvalue weighted by Gasteiger charge is -2.43. The number of anilines is 2. The first kappa shape index (κ1) is 29.9. The van der Waals surface area contributed by atoms with Crippen molar-refractivity contribution in [1.29, 1.82) is 5.26 Å². The second-order valence-electron chi connectivity index (χ2n) is 11.4. The number of benzene rings is 1. The van der Waals surface area contributed by atoms with Crippen molar-refractivity contribution in [2.75, 3.05) is 17.2 Å². The van der Waals surface area contributed by atoms with Gasteiger partial charge in [0.1, 0.15) is 17.3 Å². The minimum Gasteiger partial charge on any atom is -0.382 e. The Morgan fingerprint density at radius 1 is 1.16 bits per heavy atom. The predicted octanol–water partition coefficient (Wildman–Crippen LogP) is 7.29. The van der Waals surface area contributed by atoms with E-state index in [4.69, 9.17) is 11.6 Å². The molecule has 1 atom stereocenters. The topological polar surface area (TPSA) is 104 Å². The number of nitriles is 1. The molecule has 0 radical (unpaired) electrons. The van der Waals surface area contributed by atoms with E-state index in [1.807, 2.05) is 6.07 Å². The van der Waals surface area contributed by atoms with E-state index in [1.165, 1.54) is 24.5 Å². The van der Waals surface area contributed by atoms with Gasteiger partial charge in [0.15, 0.2) is 0 Å². The number of rotatable bonds is 9. The molecule has 0 spiro atoms. The van der Waals surface area contributed by atoms with Crippen LogP contribution in [0.5, 0.6) is 0 Å². The molecule has 0 aliphatic heterocycles. The number of hydrogen-bond donors (Lipinski definition) is 2. The van der Waals surface area contributed by atoms with Crippen LogP contribution in [0.2, 0.25) is 5.02 Å². The molecule has 8 nitrogen and oxygen atoms in total. The Morgan fingerprint density at radius 2 is 1.91 bits per heavy atom. The van der Waals surface area contributed by atoms with Crippen molar-refractivity contribution in [3.05, 3.63) is 70.1 Å². The number of nitrogens with zero attached hydrogens (tertiary/aromatic N) is 6. The Kier molecular flexibility index (Phi) is 7.34. The van der Waals surface area contributed by atoms with Crippen LogP contribution in [-0.2, 0) is 5.54 Å². The Hall–Kier alpha value is -4.12. The molecule has 4 aromatic rings. The standard InChI is InChI=1S/C29H25ClF6N8/c1-15-18(3-4-22(31)40-15)25(21-13-44(43-42-21)28(7-8-28)26(32)33)41-17-9-19-23(16(11-37)12-38-24(19)20(30)10-17)39-14-27(5-2-6-27)29(34,35)36/h3-4,9-10,12-13,25-26,41H,2,5-8,14H2,1H3,(H,38,39)/t25-/m0/s1. The van der Waals surface area contributed by atoms with Crippen LogP contribution in [0.4, 0.5) is 37.7 Å². The molecule has 1 aromatic carbocycles. The lowest BCUT2D eigenvalue weighted by Crippen LogP contribution is -2.48. The zero-order chi connectivity index (χ0) is 31.4. The molecule has 2 fully saturated rings. The highest BCUT2D eigenvalue weighted by molar-refractivity contribution is 6.35. The summed E-state index contributed by atoms with van der Waals surface area (Å²) in [7, 11) is 0. The van der Waals surface area contributed by atoms with Crippen molar-refractivity contribution < 1.29 is 26.3 Å². The third-order valence-electron chi connectivity index (χ3n) is 8.71. The van der Waals surface area contributed by atoms with Crippen molar-refractivity contribution in [1.82, 2.24) is 25.0 Å². The van der Waals surface area contributed by atoms with Gasteiger partial charge in [-0.15, -0.1) is 5.10 Å². The molecule has 0 amide bonds. The molecule has 44 heavy (non-hydrogen) atoms. The highest BCUT2D eigenvalue weighted by Crippen LogP contribution is 2.53. The number of alkyl halides is 5. The Morgan fingerprint density at radius 3 is 2.50 bits per heavy atom. The van der Waals surface area contributed by atoms with Crippen LogP contribution in [0.15, 0.2) is 36.7 Å². The maximum absolute atomic E-state index is 13.9. The number of aryl methyl sites for hydroxylation is 1. The molecule has 230 valence electrons. The average Bonchev–Trinajstić information content (AvgIpc) is 3.61. The largest absolute Gasteiger partial charge is 0.396 e. The predicted molar refractivity (Wildman–Crippen MR) is 150 cm³/mol. The van der Waals surface area contributed by atoms with Crippen molar-refractivity contribution in [2.45, 2.75) is 63.2 Å². The van der Waals surface area contributed by atoms with E-state index >= 15 is 0 Å². The summed E-state index contributed by atoms with van der Waals surface area (Å²) in [5.74, 6) is -0.717. The SMILES string of the molecule is Cc1nc(F)ccc1[C@H](Nc1cc(Cl)c2ncc(C#N)c(NCC3(C(F)(F)F)CCC3)c2c1)c1cn(C2(C(F)F)CC2)nn1. The first-order valence-corrected chi connectivity index (χ1v) is 14.2. The van der Waals surface area contributed by atoms with Gasteiger partial charge in [0.05, 0.1) is 39.4 Å². The van der Waals surface area contributed by atoms with Gasteiger partial charge in [-0.25, -0.2) is 18.4 Å². The van der Waals surface area contributed by atoms with Gasteiger partial charge in [-0.1, -0.05) is 29.3 Å². The normalized spacial score (nSPS) is 17.6. The van der Waals surface area contributed by atoms with Crippen molar-refractivity contribution in [3.63, 3.8) is 0 Å². The van der Waals surface area contributed by atoms with Crippen molar-refractivity contribution in [2.24, 2.45) is 5.41 Å². The molecule has 15 heteroatoms. The first-order chi connectivity index (χ1) is 20.9. The van der Waals surface area contributed by atoms with Crippen LogP contribution in [0.25, 0.3) is 10.9 Å². The highest BCUT2D eigenvalue weighted by Gasteiger charge is 2.58. The summed E-state index contributed by atoms with van der Waals surface area (Å²) in [6, 6.07) is 6.84. The van der Waals surface area contributed by atoms with E-state index < -0.39 is 42.1 Å². The lowest BCUT2D eigenvalue weighted by atomic mass is 9.68. The molecule has 3 aromatic heterocycles. The van der Waals surface area contributed by atoms with Crippen LogP contribution >= 0.6 is 11.6 Å². The van der Waals surface area contributed by atoms with E-state index in [9.17, 15) is 31.6 Å². The summed E-state index contributed by atoms with van der Waals surface area (Å²) in [6.07, 6.45) is -3.55. The fraction of sp³-hybridized carbons (Fsp3) is 0.414. The van der Waals surface area contributed by atoms with E-state index in [2.05, 4.69) is 30.9 Å². The molecule has 6 rings (SSSR count). The smallest absolute Gasteiger partial charge is 0.382 e. The molecule has 2 saturated carbocycles. The van der Waals surface area contributed by atoms with Gasteiger partial charge < -0.3 is 10.6 Å². The highest BCUT2D eigenvalue weighted by atomic mass is 35.5. The summed E-state index contributed by atoms with van der Waals surface area (Å²) in [6.45, 7) is 1.14. The maximum Gasteiger partial charge on any atom is 0.396 e. The Balaban J connectivity index is 1.41. The van der Waals surface area contributed by atoms with E-state index in [1.54, 1.807) is 13.0 Å². The fourth-order valence-corrected chi connectivity index (χ4v) is 5.93. The summed E-state index contributed by atoms with van der Waals surface area (Å²) >= 11 is 6.59. The molecule has 2 N–H and O–H groups in total. The van der Waals surface area contributed by atoms with Crippen LogP contribution < -0.4 is 10.6 Å². The average molecular weight is 635 g/mol. The Bertz CT molecular complexity index is 1770. The molecule has 0 saturated heterocycles. The third kappa shape index (κ3) is 5.06.